The van der Waals surface area contributed by atoms with Crippen molar-refractivity contribution in [1.82, 2.24) is 0 Å². The molecular weight excluding hydrogens is 219 g/mol. The van der Waals surface area contributed by atoms with Crippen molar-refractivity contribution < 1.29 is 9.13 Å². The number of halogens is 1. The highest BCUT2D eigenvalue weighted by Gasteiger charge is 2.08. The molecule has 0 amide bonds. The Morgan fingerprint density at radius 3 is 2.82 bits per heavy atom. The molecule has 0 bridgehead atoms. The summed E-state index contributed by atoms with van der Waals surface area (Å²) in [5, 5.41) is 3.09. The van der Waals surface area contributed by atoms with Gasteiger partial charge in [0.15, 0.2) is 11.6 Å². The van der Waals surface area contributed by atoms with E-state index in [-0.39, 0.29) is 5.75 Å². The van der Waals surface area contributed by atoms with E-state index >= 15 is 0 Å². The predicted octanol–water partition coefficient (Wildman–Crippen LogP) is 3.18. The summed E-state index contributed by atoms with van der Waals surface area (Å²) in [6, 6.07) is 2.86. The molecule has 0 unspecified atom stereocenters. The molecular formula is C13H19FN2O. The number of nitrogens with one attached hydrogen (secondary N) is 1. The molecule has 3 nitrogen and oxygen atoms in total. The third-order valence-corrected chi connectivity index (χ3v) is 2.15. The third-order valence-electron chi connectivity index (χ3n) is 2.15. The highest BCUT2D eigenvalue weighted by Crippen LogP contribution is 2.28. The minimum Gasteiger partial charge on any atom is -0.490 e. The van der Waals surface area contributed by atoms with E-state index in [1.807, 2.05) is 13.8 Å². The fourth-order valence-electron chi connectivity index (χ4n) is 1.29. The molecule has 4 heteroatoms. The van der Waals surface area contributed by atoms with Crippen LogP contribution < -0.4 is 15.8 Å². The van der Waals surface area contributed by atoms with Crippen molar-refractivity contribution in [2.24, 2.45) is 0 Å². The Kier molecular flexibility index (Phi) is 4.82. The molecule has 0 radical (unpaired) electrons. The zero-order valence-electron chi connectivity index (χ0n) is 10.3. The van der Waals surface area contributed by atoms with Crippen LogP contribution in [0.5, 0.6) is 5.75 Å². The molecule has 1 aromatic rings. The van der Waals surface area contributed by atoms with Crippen molar-refractivity contribution in [1.29, 1.82) is 0 Å². The van der Waals surface area contributed by atoms with Crippen LogP contribution in [0.25, 0.3) is 0 Å². The van der Waals surface area contributed by atoms with Crippen molar-refractivity contribution in [2.45, 2.75) is 20.3 Å². The molecule has 0 atom stereocenters. The molecule has 17 heavy (non-hydrogen) atoms. The maximum atomic E-state index is 13.5. The number of hydrogen-bond donors (Lipinski definition) is 2. The zero-order chi connectivity index (χ0) is 12.8. The number of nitrogens with two attached hydrogens (primary N) is 1. The summed E-state index contributed by atoms with van der Waals surface area (Å²) >= 11 is 0. The Hall–Kier alpha value is -1.71. The van der Waals surface area contributed by atoms with Crippen LogP contribution in [-0.4, -0.2) is 13.2 Å². The Morgan fingerprint density at radius 2 is 2.24 bits per heavy atom. The molecule has 0 aliphatic rings. The van der Waals surface area contributed by atoms with Crippen molar-refractivity contribution >= 4 is 11.4 Å². The maximum Gasteiger partial charge on any atom is 0.167 e. The van der Waals surface area contributed by atoms with Crippen LogP contribution in [0.4, 0.5) is 15.8 Å². The third kappa shape index (κ3) is 3.98. The second-order valence-electron chi connectivity index (χ2n) is 4.03. The van der Waals surface area contributed by atoms with E-state index < -0.39 is 5.82 Å². The van der Waals surface area contributed by atoms with Crippen molar-refractivity contribution in [3.8, 4) is 5.75 Å². The first kappa shape index (κ1) is 13.4. The first-order valence-corrected chi connectivity index (χ1v) is 5.64. The largest absolute Gasteiger partial charge is 0.490 e. The van der Waals surface area contributed by atoms with Gasteiger partial charge < -0.3 is 15.8 Å². The van der Waals surface area contributed by atoms with Gasteiger partial charge in [0.1, 0.15) is 0 Å². The topological polar surface area (TPSA) is 47.3 Å². The summed E-state index contributed by atoms with van der Waals surface area (Å²) in [4.78, 5) is 0. The molecule has 1 rings (SSSR count). The summed E-state index contributed by atoms with van der Waals surface area (Å²) < 4.78 is 18.8. The molecule has 0 spiro atoms. The second-order valence-corrected chi connectivity index (χ2v) is 4.03. The monoisotopic (exact) mass is 238 g/mol. The molecule has 0 saturated carbocycles. The Balaban J connectivity index is 2.85. The van der Waals surface area contributed by atoms with Crippen LogP contribution in [0.2, 0.25) is 0 Å². The lowest BCUT2D eigenvalue weighted by atomic mass is 10.2. The fraction of sp³-hybridized carbons (Fsp3) is 0.385. The summed E-state index contributed by atoms with van der Waals surface area (Å²) in [6.07, 6.45) is 0.832. The average molecular weight is 238 g/mol. The van der Waals surface area contributed by atoms with Gasteiger partial charge in [0.25, 0.3) is 0 Å². The summed E-state index contributed by atoms with van der Waals surface area (Å²) in [5.41, 5.74) is 7.73. The highest BCUT2D eigenvalue weighted by molar-refractivity contribution is 5.68. The number of anilines is 2. The Bertz CT molecular complexity index is 405. The van der Waals surface area contributed by atoms with E-state index in [0.29, 0.717) is 24.5 Å². The summed E-state index contributed by atoms with van der Waals surface area (Å²) in [7, 11) is 0. The quantitative estimate of drug-likeness (QED) is 0.591. The van der Waals surface area contributed by atoms with Crippen LogP contribution in [0.15, 0.2) is 24.3 Å². The molecule has 0 saturated heterocycles. The van der Waals surface area contributed by atoms with Gasteiger partial charge in [-0.05, 0) is 13.3 Å². The predicted molar refractivity (Wildman–Crippen MR) is 69.9 cm³/mol. The summed E-state index contributed by atoms with van der Waals surface area (Å²) in [6.45, 7) is 8.74. The maximum absolute atomic E-state index is 13.5. The van der Waals surface area contributed by atoms with Gasteiger partial charge in [-0.2, -0.15) is 0 Å². The van der Waals surface area contributed by atoms with E-state index in [0.717, 1.165) is 12.0 Å². The van der Waals surface area contributed by atoms with Gasteiger partial charge in [-0.15, -0.1) is 0 Å². The van der Waals surface area contributed by atoms with Crippen LogP contribution in [0, 0.1) is 5.82 Å². The van der Waals surface area contributed by atoms with Crippen molar-refractivity contribution in [3.05, 3.63) is 30.1 Å². The number of rotatable bonds is 6. The van der Waals surface area contributed by atoms with Crippen molar-refractivity contribution in [3.63, 3.8) is 0 Å². The van der Waals surface area contributed by atoms with E-state index in [4.69, 9.17) is 10.5 Å². The normalized spacial score (nSPS) is 10.1. The number of hydrogen-bond acceptors (Lipinski definition) is 3. The van der Waals surface area contributed by atoms with E-state index in [2.05, 4.69) is 11.9 Å². The first-order valence-electron chi connectivity index (χ1n) is 5.64. The average Bonchev–Trinajstić information content (AvgIpc) is 2.26. The molecule has 3 N–H and O–H groups in total. The summed E-state index contributed by atoms with van der Waals surface area (Å²) in [5.74, 6) is -0.206. The zero-order valence-corrected chi connectivity index (χ0v) is 10.3. The second kappa shape index (κ2) is 6.13. The van der Waals surface area contributed by atoms with Gasteiger partial charge in [0.05, 0.1) is 18.0 Å². The Labute approximate surface area is 101 Å². The lowest BCUT2D eigenvalue weighted by Crippen LogP contribution is -2.06. The van der Waals surface area contributed by atoms with Crippen LogP contribution in [0.1, 0.15) is 20.3 Å². The molecule has 0 fully saturated rings. The van der Waals surface area contributed by atoms with Gasteiger partial charge in [0, 0.05) is 18.7 Å². The van der Waals surface area contributed by atoms with Crippen LogP contribution >= 0.6 is 0 Å². The first-order chi connectivity index (χ1) is 8.04. The smallest absolute Gasteiger partial charge is 0.167 e. The molecule has 0 aliphatic carbocycles. The van der Waals surface area contributed by atoms with E-state index in [1.54, 1.807) is 6.07 Å². The lowest BCUT2D eigenvalue weighted by molar-refractivity contribution is 0.301. The van der Waals surface area contributed by atoms with Gasteiger partial charge >= 0.3 is 0 Å². The number of benzene rings is 1. The molecule has 1 aromatic carbocycles. The molecule has 94 valence electrons. The highest BCUT2D eigenvalue weighted by atomic mass is 19.1. The van der Waals surface area contributed by atoms with Crippen LogP contribution in [0.3, 0.4) is 0 Å². The number of nitrogen functional groups attached to an aromatic ring is 1. The Morgan fingerprint density at radius 1 is 1.53 bits per heavy atom. The number of ether oxygens (including phenoxy) is 1. The fourth-order valence-corrected chi connectivity index (χ4v) is 1.29. The SMILES string of the molecule is C=C(C)CNc1cc(OCCC)c(F)cc1N. The standard InChI is InChI=1S/C13H19FN2O/c1-4-5-17-13-7-12(16-8-9(2)3)11(15)6-10(13)14/h6-7,16H,2,4-5,8,15H2,1,3H3. The molecule has 0 aromatic heterocycles. The van der Waals surface area contributed by atoms with E-state index in [1.165, 1.54) is 6.07 Å². The van der Waals surface area contributed by atoms with Gasteiger partial charge in [-0.3, -0.25) is 0 Å². The van der Waals surface area contributed by atoms with E-state index in [9.17, 15) is 4.39 Å². The van der Waals surface area contributed by atoms with Gasteiger partial charge in [-0.1, -0.05) is 19.1 Å². The lowest BCUT2D eigenvalue weighted by Gasteiger charge is -2.12. The van der Waals surface area contributed by atoms with Crippen molar-refractivity contribution in [2.75, 3.05) is 24.2 Å². The van der Waals surface area contributed by atoms with Gasteiger partial charge in [0.2, 0.25) is 0 Å². The minimum atomic E-state index is -0.433. The minimum absolute atomic E-state index is 0.227. The molecule has 0 aliphatic heterocycles. The van der Waals surface area contributed by atoms with Gasteiger partial charge in [-0.25, -0.2) is 4.39 Å². The molecule has 0 heterocycles. The van der Waals surface area contributed by atoms with Crippen LogP contribution in [-0.2, 0) is 0 Å².